The number of imidazole rings is 1. The molecule has 0 unspecified atom stereocenters. The average Bonchev–Trinajstić information content (AvgIpc) is 3.37. The van der Waals surface area contributed by atoms with Crippen LogP contribution in [0.1, 0.15) is 25.5 Å². The first-order chi connectivity index (χ1) is 18.2. The number of piperazine rings is 1. The van der Waals surface area contributed by atoms with E-state index in [-0.39, 0.29) is 24.1 Å². The molecule has 0 spiro atoms. The molecule has 1 N–H and O–H groups in total. The Morgan fingerprint density at radius 2 is 1.87 bits per heavy atom. The lowest BCUT2D eigenvalue weighted by molar-refractivity contribution is -0.141. The number of rotatable bonds is 8. The van der Waals surface area contributed by atoms with Gasteiger partial charge in [-0.2, -0.15) is 13.2 Å². The number of alkyl halides is 3. The SMILES string of the molecule is CCCCOC(=O)N1CCN(c2ccc(NC(=O)Cn3cnc(-c4ccnc(C(F)(F)F)c4)c3)nc2)CC1. The number of amides is 2. The van der Waals surface area contributed by atoms with Crippen LogP contribution in [0.5, 0.6) is 0 Å². The van der Waals surface area contributed by atoms with E-state index in [1.165, 1.54) is 23.2 Å². The van der Waals surface area contributed by atoms with Gasteiger partial charge in [0.15, 0.2) is 0 Å². The van der Waals surface area contributed by atoms with Crippen LogP contribution in [-0.2, 0) is 22.3 Å². The Labute approximate surface area is 217 Å². The predicted octanol–water partition coefficient (Wildman–Crippen LogP) is 4.06. The van der Waals surface area contributed by atoms with E-state index < -0.39 is 11.9 Å². The van der Waals surface area contributed by atoms with Gasteiger partial charge in [-0.3, -0.25) is 9.78 Å². The van der Waals surface area contributed by atoms with Crippen molar-refractivity contribution in [1.82, 2.24) is 24.4 Å². The summed E-state index contributed by atoms with van der Waals surface area (Å²) in [5.74, 6) is -0.00344. The molecule has 1 aliphatic heterocycles. The number of halogens is 3. The third-order valence-electron chi connectivity index (χ3n) is 5.95. The first kappa shape index (κ1) is 26.9. The normalized spacial score (nSPS) is 13.9. The van der Waals surface area contributed by atoms with E-state index in [0.717, 1.165) is 30.8 Å². The van der Waals surface area contributed by atoms with Crippen LogP contribution in [0.4, 0.5) is 29.5 Å². The second-order valence-corrected chi connectivity index (χ2v) is 8.75. The molecule has 10 nitrogen and oxygen atoms in total. The molecule has 3 aromatic heterocycles. The average molecular weight is 532 g/mol. The standard InChI is InChI=1S/C25H28F3N7O3/c1-2-3-12-38-24(37)35-10-8-34(9-11-35)19-4-5-22(30-14-19)32-23(36)16-33-15-20(31-17-33)18-6-7-29-21(13-18)25(26,27)28/h4-7,13-15,17H,2-3,8-12,16H2,1H3,(H,30,32,36). The summed E-state index contributed by atoms with van der Waals surface area (Å²) < 4.78 is 45.5. The molecule has 2 amide bonds. The van der Waals surface area contributed by atoms with Gasteiger partial charge in [0, 0.05) is 44.1 Å². The van der Waals surface area contributed by atoms with Crippen molar-refractivity contribution >= 4 is 23.5 Å². The molecular formula is C25H28F3N7O3. The van der Waals surface area contributed by atoms with Gasteiger partial charge < -0.3 is 24.4 Å². The predicted molar refractivity (Wildman–Crippen MR) is 133 cm³/mol. The number of hydrogen-bond acceptors (Lipinski definition) is 7. The number of pyridine rings is 2. The maximum Gasteiger partial charge on any atom is 0.433 e. The van der Waals surface area contributed by atoms with Crippen LogP contribution in [0, 0.1) is 0 Å². The fourth-order valence-electron chi connectivity index (χ4n) is 3.88. The summed E-state index contributed by atoms with van der Waals surface area (Å²) in [4.78, 5) is 40.1. The Bertz CT molecular complexity index is 1240. The Morgan fingerprint density at radius 3 is 2.55 bits per heavy atom. The van der Waals surface area contributed by atoms with Gasteiger partial charge in [-0.15, -0.1) is 0 Å². The van der Waals surface area contributed by atoms with Crippen molar-refractivity contribution < 1.29 is 27.5 Å². The minimum Gasteiger partial charge on any atom is -0.449 e. The Kier molecular flexibility index (Phi) is 8.44. The van der Waals surface area contributed by atoms with Crippen molar-refractivity contribution in [2.75, 3.05) is 43.0 Å². The van der Waals surface area contributed by atoms with Gasteiger partial charge >= 0.3 is 12.3 Å². The molecule has 3 aromatic rings. The summed E-state index contributed by atoms with van der Waals surface area (Å²) in [6.45, 7) is 4.76. The van der Waals surface area contributed by atoms with Gasteiger partial charge in [-0.25, -0.2) is 14.8 Å². The summed E-state index contributed by atoms with van der Waals surface area (Å²) in [5.41, 5.74) is 0.404. The van der Waals surface area contributed by atoms with Crippen LogP contribution in [0.15, 0.2) is 49.2 Å². The third kappa shape index (κ3) is 6.99. The highest BCUT2D eigenvalue weighted by atomic mass is 19.4. The van der Waals surface area contributed by atoms with E-state index in [9.17, 15) is 22.8 Å². The first-order valence-corrected chi connectivity index (χ1v) is 12.2. The zero-order valence-electron chi connectivity index (χ0n) is 20.8. The Balaban J connectivity index is 1.27. The van der Waals surface area contributed by atoms with Crippen LogP contribution >= 0.6 is 0 Å². The van der Waals surface area contributed by atoms with Crippen molar-refractivity contribution in [2.24, 2.45) is 0 Å². The molecule has 38 heavy (non-hydrogen) atoms. The largest absolute Gasteiger partial charge is 0.449 e. The number of nitrogens with one attached hydrogen (secondary N) is 1. The first-order valence-electron chi connectivity index (χ1n) is 12.2. The molecule has 13 heteroatoms. The quantitative estimate of drug-likeness (QED) is 0.437. The third-order valence-corrected chi connectivity index (χ3v) is 5.95. The number of carbonyl (C=O) groups is 2. The van der Waals surface area contributed by atoms with Crippen LogP contribution in [0.3, 0.4) is 0 Å². The minimum absolute atomic E-state index is 0.0933. The van der Waals surface area contributed by atoms with Crippen molar-refractivity contribution in [3.8, 4) is 11.3 Å². The zero-order chi connectivity index (χ0) is 27.1. The minimum atomic E-state index is -4.56. The van der Waals surface area contributed by atoms with Crippen molar-refractivity contribution in [1.29, 1.82) is 0 Å². The molecule has 1 fully saturated rings. The van der Waals surface area contributed by atoms with Gasteiger partial charge in [0.1, 0.15) is 18.1 Å². The van der Waals surface area contributed by atoms with E-state index in [2.05, 4.69) is 25.2 Å². The molecule has 0 aliphatic carbocycles. The summed E-state index contributed by atoms with van der Waals surface area (Å²) in [6, 6.07) is 5.87. The topological polar surface area (TPSA) is 105 Å². The van der Waals surface area contributed by atoms with Gasteiger partial charge in [0.25, 0.3) is 0 Å². The second kappa shape index (κ2) is 11.9. The van der Waals surface area contributed by atoms with Crippen LogP contribution in [0.2, 0.25) is 0 Å². The summed E-state index contributed by atoms with van der Waals surface area (Å²) in [6.07, 6.45) is 2.56. The maximum atomic E-state index is 12.9. The molecular weight excluding hydrogens is 503 g/mol. The van der Waals surface area contributed by atoms with Gasteiger partial charge in [0.2, 0.25) is 5.91 Å². The highest BCUT2D eigenvalue weighted by molar-refractivity contribution is 5.89. The number of anilines is 2. The molecule has 4 rings (SSSR count). The lowest BCUT2D eigenvalue weighted by Crippen LogP contribution is -2.49. The highest BCUT2D eigenvalue weighted by Crippen LogP contribution is 2.30. The van der Waals surface area contributed by atoms with Crippen LogP contribution in [0.25, 0.3) is 11.3 Å². The van der Waals surface area contributed by atoms with Crippen molar-refractivity contribution in [2.45, 2.75) is 32.5 Å². The van der Waals surface area contributed by atoms with E-state index in [1.54, 1.807) is 17.2 Å². The number of aromatic nitrogens is 4. The smallest absolute Gasteiger partial charge is 0.433 e. The number of nitrogens with zero attached hydrogens (tertiary/aromatic N) is 6. The van der Waals surface area contributed by atoms with E-state index in [1.807, 2.05) is 13.0 Å². The molecule has 4 heterocycles. The lowest BCUT2D eigenvalue weighted by Gasteiger charge is -2.35. The molecule has 0 radical (unpaired) electrons. The number of ether oxygens (including phenoxy) is 1. The molecule has 202 valence electrons. The van der Waals surface area contributed by atoms with Crippen molar-refractivity contribution in [3.63, 3.8) is 0 Å². The van der Waals surface area contributed by atoms with E-state index >= 15 is 0 Å². The molecule has 0 aromatic carbocycles. The van der Waals surface area contributed by atoms with Gasteiger partial charge in [-0.1, -0.05) is 13.3 Å². The number of hydrogen-bond donors (Lipinski definition) is 1. The van der Waals surface area contributed by atoms with Crippen LogP contribution < -0.4 is 10.2 Å². The van der Waals surface area contributed by atoms with E-state index in [4.69, 9.17) is 4.74 Å². The lowest BCUT2D eigenvalue weighted by atomic mass is 10.2. The molecule has 1 aliphatic rings. The maximum absolute atomic E-state index is 12.9. The van der Waals surface area contributed by atoms with Crippen LogP contribution in [-0.4, -0.2) is 69.2 Å². The molecule has 0 atom stereocenters. The summed E-state index contributed by atoms with van der Waals surface area (Å²) in [7, 11) is 0. The van der Waals surface area contributed by atoms with Gasteiger partial charge in [-0.05, 0) is 30.7 Å². The Hall–Kier alpha value is -4.16. The second-order valence-electron chi connectivity index (χ2n) is 8.75. The van der Waals surface area contributed by atoms with Gasteiger partial charge in [0.05, 0.1) is 30.5 Å². The Morgan fingerprint density at radius 1 is 1.08 bits per heavy atom. The number of unbranched alkanes of at least 4 members (excludes halogenated alkanes) is 1. The summed E-state index contributed by atoms with van der Waals surface area (Å²) in [5, 5.41) is 2.70. The molecule has 1 saturated heterocycles. The van der Waals surface area contributed by atoms with Crippen molar-refractivity contribution in [3.05, 3.63) is 54.9 Å². The van der Waals surface area contributed by atoms with E-state index in [0.29, 0.717) is 44.3 Å². The fraction of sp³-hybridized carbons (Fsp3) is 0.400. The molecule has 0 bridgehead atoms. The summed E-state index contributed by atoms with van der Waals surface area (Å²) >= 11 is 0. The zero-order valence-corrected chi connectivity index (χ0v) is 20.8. The monoisotopic (exact) mass is 531 g/mol. The molecule has 0 saturated carbocycles. The highest BCUT2D eigenvalue weighted by Gasteiger charge is 2.32. The number of carbonyl (C=O) groups excluding carboxylic acids is 2. The fourth-order valence-corrected chi connectivity index (χ4v) is 3.88.